The molecule has 4 nitrogen and oxygen atoms in total. The van der Waals surface area contributed by atoms with Crippen LogP contribution >= 0.6 is 11.6 Å². The number of halogens is 2. The van der Waals surface area contributed by atoms with Gasteiger partial charge in [-0.25, -0.2) is 15.2 Å². The Bertz CT molecular complexity index is 692. The monoisotopic (exact) mass is 333 g/mol. The van der Waals surface area contributed by atoms with Gasteiger partial charge in [-0.1, -0.05) is 35.9 Å². The first kappa shape index (κ1) is 15.9. The van der Waals surface area contributed by atoms with Crippen molar-refractivity contribution in [2.45, 2.75) is 25.0 Å². The van der Waals surface area contributed by atoms with Crippen LogP contribution in [0.4, 0.5) is 4.39 Å². The smallest absolute Gasteiger partial charge is 0.238 e. The van der Waals surface area contributed by atoms with Gasteiger partial charge in [0.05, 0.1) is 0 Å². The van der Waals surface area contributed by atoms with E-state index in [0.29, 0.717) is 18.0 Å². The highest BCUT2D eigenvalue weighted by Crippen LogP contribution is 2.22. The van der Waals surface area contributed by atoms with E-state index in [1.807, 2.05) is 18.2 Å². The average molecular weight is 334 g/mol. The summed E-state index contributed by atoms with van der Waals surface area (Å²) >= 11 is 5.92. The van der Waals surface area contributed by atoms with Crippen LogP contribution in [0.3, 0.4) is 0 Å². The summed E-state index contributed by atoms with van der Waals surface area (Å²) in [5.74, 6) is -0.349. The minimum absolute atomic E-state index is 0.0162. The predicted octanol–water partition coefficient (Wildman–Crippen LogP) is 2.70. The van der Waals surface area contributed by atoms with Crippen LogP contribution < -0.4 is 16.2 Å². The highest BCUT2D eigenvalue weighted by molar-refractivity contribution is 6.30. The minimum atomic E-state index is -0.329. The molecule has 1 amide bonds. The molecule has 2 aromatic rings. The zero-order chi connectivity index (χ0) is 16.2. The molecule has 0 saturated carbocycles. The Labute approximate surface area is 139 Å². The van der Waals surface area contributed by atoms with Crippen LogP contribution in [-0.4, -0.2) is 11.9 Å². The quantitative estimate of drug-likeness (QED) is 0.806. The molecule has 1 heterocycles. The van der Waals surface area contributed by atoms with Crippen molar-refractivity contribution in [3.8, 4) is 0 Å². The summed E-state index contributed by atoms with van der Waals surface area (Å²) in [5, 5.41) is 3.54. The van der Waals surface area contributed by atoms with Gasteiger partial charge in [0.2, 0.25) is 5.91 Å². The van der Waals surface area contributed by atoms with E-state index < -0.39 is 0 Å². The Balaban J connectivity index is 1.54. The van der Waals surface area contributed by atoms with E-state index in [-0.39, 0.29) is 23.8 Å². The van der Waals surface area contributed by atoms with Gasteiger partial charge in [-0.15, -0.1) is 0 Å². The van der Waals surface area contributed by atoms with Gasteiger partial charge in [0, 0.05) is 17.6 Å². The second-order valence-electron chi connectivity index (χ2n) is 5.53. The van der Waals surface area contributed by atoms with Crippen molar-refractivity contribution in [1.29, 1.82) is 0 Å². The van der Waals surface area contributed by atoms with Gasteiger partial charge >= 0.3 is 0 Å². The molecular weight excluding hydrogens is 317 g/mol. The molecule has 6 heteroatoms. The van der Waals surface area contributed by atoms with Crippen molar-refractivity contribution in [2.75, 3.05) is 0 Å². The average Bonchev–Trinajstić information content (AvgIpc) is 3.03. The summed E-state index contributed by atoms with van der Waals surface area (Å²) in [6, 6.07) is 13.3. The summed E-state index contributed by atoms with van der Waals surface area (Å²) < 4.78 is 13.0. The second kappa shape index (κ2) is 7.08. The Kier molecular flexibility index (Phi) is 4.91. The van der Waals surface area contributed by atoms with E-state index >= 15 is 0 Å². The summed E-state index contributed by atoms with van der Waals surface area (Å²) in [6.45, 7) is 0.429. The third kappa shape index (κ3) is 4.07. The van der Waals surface area contributed by atoms with E-state index in [1.54, 1.807) is 18.2 Å². The van der Waals surface area contributed by atoms with Gasteiger partial charge < -0.3 is 5.32 Å². The molecule has 3 rings (SSSR count). The van der Waals surface area contributed by atoms with Crippen LogP contribution in [0.5, 0.6) is 0 Å². The second-order valence-corrected chi connectivity index (χ2v) is 5.97. The Hall–Kier alpha value is -1.95. The zero-order valence-corrected chi connectivity index (χ0v) is 13.1. The van der Waals surface area contributed by atoms with Crippen molar-refractivity contribution in [3.05, 3.63) is 70.5 Å². The van der Waals surface area contributed by atoms with Crippen LogP contribution in [0.2, 0.25) is 5.02 Å². The van der Waals surface area contributed by atoms with Gasteiger partial charge in [-0.3, -0.25) is 4.79 Å². The SMILES string of the molecule is O=C(NCc1cccc(Cl)c1)C1CC(c2ccc(F)cc2)NN1. The van der Waals surface area contributed by atoms with E-state index in [0.717, 1.165) is 11.1 Å². The molecule has 0 radical (unpaired) electrons. The zero-order valence-electron chi connectivity index (χ0n) is 12.4. The standard InChI is InChI=1S/C17H17ClFN3O/c18-13-3-1-2-11(8-13)10-20-17(23)16-9-15(21-22-16)12-4-6-14(19)7-5-12/h1-8,15-16,21-22H,9-10H2,(H,20,23). The molecule has 0 bridgehead atoms. The maximum Gasteiger partial charge on any atom is 0.238 e. The largest absolute Gasteiger partial charge is 0.351 e. The minimum Gasteiger partial charge on any atom is -0.351 e. The fourth-order valence-electron chi connectivity index (χ4n) is 2.60. The van der Waals surface area contributed by atoms with E-state index in [2.05, 4.69) is 16.2 Å². The number of nitrogens with one attached hydrogen (secondary N) is 3. The summed E-state index contributed by atoms with van der Waals surface area (Å²) in [6.07, 6.45) is 0.604. The maximum absolute atomic E-state index is 13.0. The molecule has 2 unspecified atom stereocenters. The molecule has 0 aromatic heterocycles. The molecule has 23 heavy (non-hydrogen) atoms. The van der Waals surface area contributed by atoms with E-state index in [4.69, 9.17) is 11.6 Å². The molecule has 0 aliphatic carbocycles. The molecule has 1 fully saturated rings. The molecule has 3 N–H and O–H groups in total. The molecule has 120 valence electrons. The fourth-order valence-corrected chi connectivity index (χ4v) is 2.81. The third-order valence-corrected chi connectivity index (χ3v) is 4.08. The molecule has 0 spiro atoms. The van der Waals surface area contributed by atoms with Gasteiger partial charge in [0.25, 0.3) is 0 Å². The summed E-state index contributed by atoms with van der Waals surface area (Å²) in [4.78, 5) is 12.2. The number of rotatable bonds is 4. The van der Waals surface area contributed by atoms with Crippen molar-refractivity contribution in [2.24, 2.45) is 0 Å². The van der Waals surface area contributed by atoms with Gasteiger partial charge in [-0.05, 0) is 41.8 Å². The lowest BCUT2D eigenvalue weighted by Gasteiger charge is -2.11. The highest BCUT2D eigenvalue weighted by Gasteiger charge is 2.29. The van der Waals surface area contributed by atoms with E-state index in [9.17, 15) is 9.18 Å². The first-order valence-electron chi connectivity index (χ1n) is 7.40. The first-order valence-corrected chi connectivity index (χ1v) is 7.78. The lowest BCUT2D eigenvalue weighted by molar-refractivity contribution is -0.123. The molecular formula is C17H17ClFN3O. The van der Waals surface area contributed by atoms with Crippen LogP contribution in [0, 0.1) is 5.82 Å². The van der Waals surface area contributed by atoms with Crippen LogP contribution in [-0.2, 0) is 11.3 Å². The molecule has 2 atom stereocenters. The topological polar surface area (TPSA) is 53.2 Å². The number of carbonyl (C=O) groups is 1. The predicted molar refractivity (Wildman–Crippen MR) is 87.1 cm³/mol. The number of amides is 1. The molecule has 1 aliphatic heterocycles. The number of hydrogen-bond acceptors (Lipinski definition) is 3. The van der Waals surface area contributed by atoms with Crippen LogP contribution in [0.15, 0.2) is 48.5 Å². The van der Waals surface area contributed by atoms with Crippen molar-refractivity contribution < 1.29 is 9.18 Å². The third-order valence-electron chi connectivity index (χ3n) is 3.85. The molecule has 1 saturated heterocycles. The van der Waals surface area contributed by atoms with E-state index in [1.165, 1.54) is 12.1 Å². The Morgan fingerprint density at radius 2 is 2.00 bits per heavy atom. The van der Waals surface area contributed by atoms with Crippen LogP contribution in [0.1, 0.15) is 23.6 Å². The van der Waals surface area contributed by atoms with Gasteiger partial charge in [0.1, 0.15) is 11.9 Å². The number of carbonyl (C=O) groups excluding carboxylic acids is 1. The van der Waals surface area contributed by atoms with Crippen molar-refractivity contribution in [1.82, 2.24) is 16.2 Å². The Morgan fingerprint density at radius 3 is 2.74 bits per heavy atom. The van der Waals surface area contributed by atoms with Gasteiger partial charge in [0.15, 0.2) is 0 Å². The lowest BCUT2D eigenvalue weighted by atomic mass is 10.0. The lowest BCUT2D eigenvalue weighted by Crippen LogP contribution is -2.42. The van der Waals surface area contributed by atoms with Crippen molar-refractivity contribution in [3.63, 3.8) is 0 Å². The number of hydrazine groups is 1. The molecule has 1 aliphatic rings. The number of hydrogen-bond donors (Lipinski definition) is 3. The summed E-state index contributed by atoms with van der Waals surface area (Å²) in [7, 11) is 0. The molecule has 2 aromatic carbocycles. The maximum atomic E-state index is 13.0. The highest BCUT2D eigenvalue weighted by atomic mass is 35.5. The van der Waals surface area contributed by atoms with Gasteiger partial charge in [-0.2, -0.15) is 0 Å². The fraction of sp³-hybridized carbons (Fsp3) is 0.235. The summed E-state index contributed by atoms with van der Waals surface area (Å²) in [5.41, 5.74) is 7.96. The normalized spacial score (nSPS) is 20.4. The number of benzene rings is 2. The Morgan fingerprint density at radius 1 is 1.22 bits per heavy atom. The first-order chi connectivity index (χ1) is 11.1. The van der Waals surface area contributed by atoms with Crippen molar-refractivity contribution >= 4 is 17.5 Å². The van der Waals surface area contributed by atoms with Crippen LogP contribution in [0.25, 0.3) is 0 Å².